The fourth-order valence-corrected chi connectivity index (χ4v) is 4.36. The van der Waals surface area contributed by atoms with E-state index in [-0.39, 0.29) is 11.9 Å². The van der Waals surface area contributed by atoms with E-state index in [1.54, 1.807) is 7.11 Å². The van der Waals surface area contributed by atoms with Gasteiger partial charge in [0.25, 0.3) is 5.91 Å². The molecule has 0 spiro atoms. The molecule has 0 aliphatic rings. The van der Waals surface area contributed by atoms with Crippen LogP contribution in [-0.2, 0) is 0 Å². The first-order valence-corrected chi connectivity index (χ1v) is 11.0. The first-order valence-electron chi connectivity index (χ1n) is 10.2. The van der Waals surface area contributed by atoms with Gasteiger partial charge in [0.05, 0.1) is 25.5 Å². The van der Waals surface area contributed by atoms with Crippen LogP contribution < -0.4 is 14.8 Å². The van der Waals surface area contributed by atoms with Gasteiger partial charge in [-0.3, -0.25) is 4.79 Å². The molecular weight excluding hydrogens is 410 g/mol. The average Bonchev–Trinajstić information content (AvgIpc) is 3.16. The predicted molar refractivity (Wildman–Crippen MR) is 125 cm³/mol. The molecule has 0 fully saturated rings. The summed E-state index contributed by atoms with van der Waals surface area (Å²) in [6.45, 7) is 4.91. The number of hydrogen-bond acceptors (Lipinski definition) is 6. The number of methoxy groups -OCH3 is 1. The van der Waals surface area contributed by atoms with Crippen LogP contribution in [0.25, 0.3) is 10.6 Å². The average molecular weight is 440 g/mol. The number of hydrogen-bond donors (Lipinski definition) is 1. The van der Waals surface area contributed by atoms with Gasteiger partial charge < -0.3 is 19.7 Å². The van der Waals surface area contributed by atoms with E-state index in [1.165, 1.54) is 11.3 Å². The number of nitrogens with one attached hydrogen (secondary N) is 1. The Morgan fingerprint density at radius 3 is 2.52 bits per heavy atom. The molecule has 0 radical (unpaired) electrons. The van der Waals surface area contributed by atoms with Crippen molar-refractivity contribution in [2.24, 2.45) is 0 Å². The van der Waals surface area contributed by atoms with E-state index in [2.05, 4.69) is 15.2 Å². The van der Waals surface area contributed by atoms with Crippen molar-refractivity contribution in [3.05, 3.63) is 64.7 Å². The molecule has 1 atom stereocenters. The second-order valence-corrected chi connectivity index (χ2v) is 8.32. The van der Waals surface area contributed by atoms with E-state index in [0.717, 1.165) is 33.3 Å². The largest absolute Gasteiger partial charge is 0.496 e. The van der Waals surface area contributed by atoms with E-state index >= 15 is 0 Å². The van der Waals surface area contributed by atoms with Crippen LogP contribution >= 0.6 is 11.3 Å². The maximum atomic E-state index is 13.0. The molecule has 164 valence electrons. The number of likely N-dealkylation sites (N-methyl/N-ethyl adjacent to an activating group) is 1. The highest BCUT2D eigenvalue weighted by molar-refractivity contribution is 7.17. The molecule has 1 aromatic heterocycles. The Labute approximate surface area is 187 Å². The maximum Gasteiger partial charge on any atom is 0.263 e. The molecule has 6 nitrogen and oxygen atoms in total. The van der Waals surface area contributed by atoms with E-state index in [0.29, 0.717) is 18.0 Å². The first kappa shape index (κ1) is 22.8. The van der Waals surface area contributed by atoms with Crippen molar-refractivity contribution in [2.75, 3.05) is 34.4 Å². The topological polar surface area (TPSA) is 63.7 Å². The molecule has 1 amide bonds. The summed E-state index contributed by atoms with van der Waals surface area (Å²) in [5.74, 6) is 1.51. The fourth-order valence-electron chi connectivity index (χ4n) is 3.37. The molecule has 3 rings (SSSR count). The molecule has 1 heterocycles. The van der Waals surface area contributed by atoms with Crippen LogP contribution in [0.1, 0.15) is 33.9 Å². The van der Waals surface area contributed by atoms with Gasteiger partial charge in [0.15, 0.2) is 0 Å². The summed E-state index contributed by atoms with van der Waals surface area (Å²) in [5.41, 5.74) is 2.73. The predicted octanol–water partition coefficient (Wildman–Crippen LogP) is 4.56. The third-order valence-electron chi connectivity index (χ3n) is 4.99. The smallest absolute Gasteiger partial charge is 0.263 e. The number of nitrogens with zero attached hydrogens (tertiary/aromatic N) is 2. The number of amides is 1. The highest BCUT2D eigenvalue weighted by atomic mass is 32.1. The summed E-state index contributed by atoms with van der Waals surface area (Å²) in [6, 6.07) is 15.6. The van der Waals surface area contributed by atoms with Crippen molar-refractivity contribution in [1.82, 2.24) is 15.2 Å². The molecular formula is C24H29N3O3S. The summed E-state index contributed by atoms with van der Waals surface area (Å²) in [5, 5.41) is 3.89. The molecule has 3 aromatic rings. The standard InChI is InChI=1S/C24H29N3O3S/c1-6-30-18-13-11-17(12-14-18)24-26-16(2)22(31-24)23(28)25-15-20(27(3)4)19-9-7-8-10-21(19)29-5/h7-14,20H,6,15H2,1-5H3,(H,25,28). The molecule has 1 N–H and O–H groups in total. The Balaban J connectivity index is 1.74. The van der Waals surface area contributed by atoms with Crippen LogP contribution in [0.4, 0.5) is 0 Å². The number of benzene rings is 2. The van der Waals surface area contributed by atoms with Crippen molar-refractivity contribution < 1.29 is 14.3 Å². The van der Waals surface area contributed by atoms with Gasteiger partial charge in [0, 0.05) is 17.7 Å². The molecule has 1 unspecified atom stereocenters. The number of carbonyl (C=O) groups excluding carboxylic acids is 1. The second-order valence-electron chi connectivity index (χ2n) is 7.32. The molecule has 0 saturated heterocycles. The van der Waals surface area contributed by atoms with Crippen molar-refractivity contribution in [2.45, 2.75) is 19.9 Å². The fraction of sp³-hybridized carbons (Fsp3) is 0.333. The number of thiazole rings is 1. The van der Waals surface area contributed by atoms with Gasteiger partial charge in [-0.25, -0.2) is 4.98 Å². The molecule has 31 heavy (non-hydrogen) atoms. The molecule has 2 aromatic carbocycles. The molecule has 0 bridgehead atoms. The molecule has 0 aliphatic heterocycles. The molecule has 7 heteroatoms. The summed E-state index contributed by atoms with van der Waals surface area (Å²) in [7, 11) is 5.64. The number of rotatable bonds is 9. The highest BCUT2D eigenvalue weighted by Crippen LogP contribution is 2.30. The SMILES string of the molecule is CCOc1ccc(-c2nc(C)c(C(=O)NCC(c3ccccc3OC)N(C)C)s2)cc1. The van der Waals surface area contributed by atoms with E-state index < -0.39 is 0 Å². The zero-order valence-electron chi connectivity index (χ0n) is 18.6. The van der Waals surface area contributed by atoms with Crippen LogP contribution in [0, 0.1) is 6.92 Å². The minimum atomic E-state index is -0.117. The lowest BCUT2D eigenvalue weighted by Gasteiger charge is -2.26. The van der Waals surface area contributed by atoms with E-state index in [9.17, 15) is 4.79 Å². The zero-order valence-corrected chi connectivity index (χ0v) is 19.5. The maximum absolute atomic E-state index is 13.0. The van der Waals surface area contributed by atoms with Gasteiger partial charge >= 0.3 is 0 Å². The zero-order chi connectivity index (χ0) is 22.4. The van der Waals surface area contributed by atoms with Crippen LogP contribution in [0.15, 0.2) is 48.5 Å². The van der Waals surface area contributed by atoms with Crippen molar-refractivity contribution >= 4 is 17.2 Å². The highest BCUT2D eigenvalue weighted by Gasteiger charge is 2.21. The van der Waals surface area contributed by atoms with Crippen molar-refractivity contribution in [1.29, 1.82) is 0 Å². The van der Waals surface area contributed by atoms with E-state index in [1.807, 2.05) is 76.5 Å². The lowest BCUT2D eigenvalue weighted by molar-refractivity contribution is 0.0944. The Hall–Kier alpha value is -2.90. The monoisotopic (exact) mass is 439 g/mol. The number of aryl methyl sites for hydroxylation is 1. The molecule has 0 aliphatic carbocycles. The Morgan fingerprint density at radius 1 is 1.16 bits per heavy atom. The number of aromatic nitrogens is 1. The Bertz CT molecular complexity index is 1020. The second kappa shape index (κ2) is 10.4. The lowest BCUT2D eigenvalue weighted by Crippen LogP contribution is -2.34. The summed E-state index contributed by atoms with van der Waals surface area (Å²) in [4.78, 5) is 20.3. The van der Waals surface area contributed by atoms with Crippen molar-refractivity contribution in [3.63, 3.8) is 0 Å². The third kappa shape index (κ3) is 5.42. The van der Waals surface area contributed by atoms with Crippen molar-refractivity contribution in [3.8, 4) is 22.1 Å². The van der Waals surface area contributed by atoms with Gasteiger partial charge in [-0.05, 0) is 58.3 Å². The van der Waals surface area contributed by atoms with Crippen LogP contribution in [0.2, 0.25) is 0 Å². The number of carbonyl (C=O) groups is 1. The van der Waals surface area contributed by atoms with Gasteiger partial charge in [-0.2, -0.15) is 0 Å². The van der Waals surface area contributed by atoms with Crippen LogP contribution in [0.3, 0.4) is 0 Å². The lowest BCUT2D eigenvalue weighted by atomic mass is 10.0. The minimum absolute atomic E-state index is 0.0149. The number of ether oxygens (including phenoxy) is 2. The van der Waals surface area contributed by atoms with Gasteiger partial charge in [-0.15, -0.1) is 11.3 Å². The van der Waals surface area contributed by atoms with Gasteiger partial charge in [0.1, 0.15) is 21.4 Å². The third-order valence-corrected chi connectivity index (χ3v) is 6.20. The van der Waals surface area contributed by atoms with Crippen LogP contribution in [-0.4, -0.2) is 50.1 Å². The van der Waals surface area contributed by atoms with Crippen LogP contribution in [0.5, 0.6) is 11.5 Å². The van der Waals surface area contributed by atoms with E-state index in [4.69, 9.17) is 9.47 Å². The molecule has 0 saturated carbocycles. The quantitative estimate of drug-likeness (QED) is 0.530. The Kier molecular flexibility index (Phi) is 7.65. The summed E-state index contributed by atoms with van der Waals surface area (Å²) < 4.78 is 11.0. The normalized spacial score (nSPS) is 11.9. The first-order chi connectivity index (χ1) is 14.9. The summed E-state index contributed by atoms with van der Waals surface area (Å²) >= 11 is 1.40. The van der Waals surface area contributed by atoms with Gasteiger partial charge in [0.2, 0.25) is 0 Å². The summed E-state index contributed by atoms with van der Waals surface area (Å²) in [6.07, 6.45) is 0. The minimum Gasteiger partial charge on any atom is -0.496 e. The number of para-hydroxylation sites is 1. The van der Waals surface area contributed by atoms with Gasteiger partial charge in [-0.1, -0.05) is 18.2 Å². The Morgan fingerprint density at radius 2 is 1.87 bits per heavy atom.